The maximum Gasteiger partial charge on any atom is 0.234 e. The van der Waals surface area contributed by atoms with Gasteiger partial charge in [0.15, 0.2) is 0 Å². The van der Waals surface area contributed by atoms with E-state index in [4.69, 9.17) is 0 Å². The number of nitrogens with zero attached hydrogens (tertiary/aromatic N) is 3. The van der Waals surface area contributed by atoms with Crippen LogP contribution in [0.5, 0.6) is 0 Å². The van der Waals surface area contributed by atoms with Crippen LogP contribution < -0.4 is 5.32 Å². The summed E-state index contributed by atoms with van der Waals surface area (Å²) in [5, 5.41) is 3.04. The first-order valence-electron chi connectivity index (χ1n) is 8.33. The minimum Gasteiger partial charge on any atom is -0.352 e. The molecule has 2 heterocycles. The van der Waals surface area contributed by atoms with Gasteiger partial charge in [-0.25, -0.2) is 9.37 Å². The molecule has 0 radical (unpaired) electrons. The van der Waals surface area contributed by atoms with Gasteiger partial charge in [-0.05, 0) is 37.8 Å². The number of likely N-dealkylation sites (tertiary alicyclic amines) is 1. The van der Waals surface area contributed by atoms with E-state index in [-0.39, 0.29) is 11.7 Å². The van der Waals surface area contributed by atoms with Gasteiger partial charge in [0.2, 0.25) is 5.91 Å². The van der Waals surface area contributed by atoms with Crippen molar-refractivity contribution >= 4 is 16.9 Å². The molecular weight excluding hydrogens is 295 g/mol. The molecule has 1 aliphatic heterocycles. The normalized spacial score (nSPS) is 20.0. The lowest BCUT2D eigenvalue weighted by atomic mass is 10.0. The molecule has 2 fully saturated rings. The van der Waals surface area contributed by atoms with E-state index in [1.807, 2.05) is 6.33 Å². The van der Waals surface area contributed by atoms with Gasteiger partial charge in [0.25, 0.3) is 0 Å². The van der Waals surface area contributed by atoms with Crippen molar-refractivity contribution in [2.45, 2.75) is 37.8 Å². The second-order valence-electron chi connectivity index (χ2n) is 6.63. The van der Waals surface area contributed by atoms with Crippen LogP contribution in [0, 0.1) is 5.82 Å². The SMILES string of the molecule is O=C(CN1CCC(n2cnc3cc(F)ccc32)CC1)NC1CC1. The third-order valence-electron chi connectivity index (χ3n) is 4.80. The van der Waals surface area contributed by atoms with Gasteiger partial charge in [-0.3, -0.25) is 9.69 Å². The molecule has 0 spiro atoms. The number of hydrogen-bond acceptors (Lipinski definition) is 3. The minimum absolute atomic E-state index is 0.148. The Morgan fingerprint density at radius 2 is 2.04 bits per heavy atom. The molecule has 1 aromatic heterocycles. The van der Waals surface area contributed by atoms with Crippen molar-refractivity contribution in [3.63, 3.8) is 0 Å². The summed E-state index contributed by atoms with van der Waals surface area (Å²) in [7, 11) is 0. The van der Waals surface area contributed by atoms with Crippen LogP contribution in [-0.4, -0.2) is 46.0 Å². The van der Waals surface area contributed by atoms with Crippen LogP contribution in [0.15, 0.2) is 24.5 Å². The Hall–Kier alpha value is -1.95. The fourth-order valence-electron chi connectivity index (χ4n) is 3.36. The molecule has 1 saturated heterocycles. The molecule has 2 aromatic rings. The maximum atomic E-state index is 13.3. The number of rotatable bonds is 4. The molecule has 2 aliphatic rings. The fourth-order valence-corrected chi connectivity index (χ4v) is 3.36. The van der Waals surface area contributed by atoms with Gasteiger partial charge in [-0.2, -0.15) is 0 Å². The smallest absolute Gasteiger partial charge is 0.234 e. The van der Waals surface area contributed by atoms with Gasteiger partial charge in [-0.15, -0.1) is 0 Å². The van der Waals surface area contributed by atoms with Crippen LogP contribution in [0.4, 0.5) is 4.39 Å². The third-order valence-corrected chi connectivity index (χ3v) is 4.80. The Balaban J connectivity index is 1.37. The number of halogens is 1. The van der Waals surface area contributed by atoms with Gasteiger partial charge >= 0.3 is 0 Å². The second kappa shape index (κ2) is 5.92. The van der Waals surface area contributed by atoms with Crippen molar-refractivity contribution in [1.82, 2.24) is 19.8 Å². The molecule has 1 aliphatic carbocycles. The summed E-state index contributed by atoms with van der Waals surface area (Å²) in [6.07, 6.45) is 6.04. The van der Waals surface area contributed by atoms with Crippen LogP contribution >= 0.6 is 0 Å². The summed E-state index contributed by atoms with van der Waals surface area (Å²) in [6, 6.07) is 5.56. The van der Waals surface area contributed by atoms with Crippen molar-refractivity contribution in [3.8, 4) is 0 Å². The highest BCUT2D eigenvalue weighted by molar-refractivity contribution is 5.78. The molecule has 0 unspecified atom stereocenters. The molecule has 0 atom stereocenters. The van der Waals surface area contributed by atoms with Crippen LogP contribution in [0.25, 0.3) is 11.0 Å². The molecule has 1 saturated carbocycles. The molecule has 1 amide bonds. The van der Waals surface area contributed by atoms with Crippen molar-refractivity contribution in [2.75, 3.05) is 19.6 Å². The number of carbonyl (C=O) groups excluding carboxylic acids is 1. The number of amides is 1. The monoisotopic (exact) mass is 316 g/mol. The average molecular weight is 316 g/mol. The van der Waals surface area contributed by atoms with Crippen molar-refractivity contribution in [3.05, 3.63) is 30.3 Å². The summed E-state index contributed by atoms with van der Waals surface area (Å²) >= 11 is 0. The summed E-state index contributed by atoms with van der Waals surface area (Å²) in [5.74, 6) is -0.103. The third kappa shape index (κ3) is 3.22. The highest BCUT2D eigenvalue weighted by atomic mass is 19.1. The van der Waals surface area contributed by atoms with Gasteiger partial charge in [0, 0.05) is 31.2 Å². The lowest BCUT2D eigenvalue weighted by molar-refractivity contribution is -0.122. The van der Waals surface area contributed by atoms with E-state index >= 15 is 0 Å². The largest absolute Gasteiger partial charge is 0.352 e. The van der Waals surface area contributed by atoms with Crippen LogP contribution in [-0.2, 0) is 4.79 Å². The van der Waals surface area contributed by atoms with Crippen LogP contribution in [0.2, 0.25) is 0 Å². The Morgan fingerprint density at radius 1 is 1.26 bits per heavy atom. The fraction of sp³-hybridized carbons (Fsp3) is 0.529. The van der Waals surface area contributed by atoms with E-state index in [0.717, 1.165) is 44.3 Å². The summed E-state index contributed by atoms with van der Waals surface area (Å²) in [6.45, 7) is 2.31. The maximum absolute atomic E-state index is 13.3. The van der Waals surface area contributed by atoms with E-state index in [1.165, 1.54) is 12.1 Å². The Bertz CT molecular complexity index is 716. The number of nitrogens with one attached hydrogen (secondary N) is 1. The number of hydrogen-bond donors (Lipinski definition) is 1. The Morgan fingerprint density at radius 3 is 2.78 bits per heavy atom. The Labute approximate surface area is 134 Å². The van der Waals surface area contributed by atoms with E-state index < -0.39 is 0 Å². The highest BCUT2D eigenvalue weighted by Crippen LogP contribution is 2.27. The Kier molecular flexibility index (Phi) is 3.77. The second-order valence-corrected chi connectivity index (χ2v) is 6.63. The number of benzene rings is 1. The first-order valence-corrected chi connectivity index (χ1v) is 8.33. The zero-order valence-electron chi connectivity index (χ0n) is 13.0. The van der Waals surface area contributed by atoms with Gasteiger partial charge < -0.3 is 9.88 Å². The zero-order valence-corrected chi connectivity index (χ0v) is 13.0. The summed E-state index contributed by atoms with van der Waals surface area (Å²) in [4.78, 5) is 18.4. The quantitative estimate of drug-likeness (QED) is 0.940. The summed E-state index contributed by atoms with van der Waals surface area (Å²) < 4.78 is 15.4. The van der Waals surface area contributed by atoms with Crippen molar-refractivity contribution in [2.24, 2.45) is 0 Å². The molecule has 122 valence electrons. The molecular formula is C17H21FN4O. The van der Waals surface area contributed by atoms with Gasteiger partial charge in [0.05, 0.1) is 23.9 Å². The predicted molar refractivity (Wildman–Crippen MR) is 85.6 cm³/mol. The van der Waals surface area contributed by atoms with Gasteiger partial charge in [-0.1, -0.05) is 0 Å². The molecule has 1 aromatic carbocycles. The van der Waals surface area contributed by atoms with Gasteiger partial charge in [0.1, 0.15) is 5.82 Å². The molecule has 6 heteroatoms. The van der Waals surface area contributed by atoms with Crippen molar-refractivity contribution in [1.29, 1.82) is 0 Å². The van der Waals surface area contributed by atoms with E-state index in [1.54, 1.807) is 6.07 Å². The minimum atomic E-state index is -0.251. The molecule has 23 heavy (non-hydrogen) atoms. The topological polar surface area (TPSA) is 50.2 Å². The van der Waals surface area contributed by atoms with E-state index in [2.05, 4.69) is 19.8 Å². The number of aromatic nitrogens is 2. The molecule has 1 N–H and O–H groups in total. The number of fused-ring (bicyclic) bond motifs is 1. The summed E-state index contributed by atoms with van der Waals surface area (Å²) in [5.41, 5.74) is 1.69. The van der Waals surface area contributed by atoms with E-state index in [9.17, 15) is 9.18 Å². The average Bonchev–Trinajstić information content (AvgIpc) is 3.24. The number of piperidine rings is 1. The first kappa shape index (κ1) is 14.6. The molecule has 5 nitrogen and oxygen atoms in total. The molecule has 4 rings (SSSR count). The first-order chi connectivity index (χ1) is 11.2. The zero-order chi connectivity index (χ0) is 15.8. The van der Waals surface area contributed by atoms with Crippen molar-refractivity contribution < 1.29 is 9.18 Å². The molecule has 0 bridgehead atoms. The number of imidazole rings is 1. The number of carbonyl (C=O) groups is 1. The van der Waals surface area contributed by atoms with E-state index in [0.29, 0.717) is 24.1 Å². The van der Waals surface area contributed by atoms with Crippen LogP contribution in [0.1, 0.15) is 31.7 Å². The van der Waals surface area contributed by atoms with Crippen LogP contribution in [0.3, 0.4) is 0 Å². The lowest BCUT2D eigenvalue weighted by Gasteiger charge is -2.32. The lowest BCUT2D eigenvalue weighted by Crippen LogP contribution is -2.42. The highest BCUT2D eigenvalue weighted by Gasteiger charge is 2.26. The standard InChI is InChI=1S/C17H21FN4O/c18-12-1-4-16-15(9-12)19-11-22(16)14-5-7-21(8-6-14)10-17(23)20-13-2-3-13/h1,4,9,11,13-14H,2-3,5-8,10H2,(H,20,23). The predicted octanol–water partition coefficient (Wildman–Crippen LogP) is 2.09.